The first-order chi connectivity index (χ1) is 11.2. The van der Waals surface area contributed by atoms with Crippen LogP contribution in [0.5, 0.6) is 0 Å². The summed E-state index contributed by atoms with van der Waals surface area (Å²) in [4.78, 5) is 17.1. The fourth-order valence-electron chi connectivity index (χ4n) is 2.84. The second-order valence-electron chi connectivity index (χ2n) is 5.55. The number of amides is 1. The van der Waals surface area contributed by atoms with Crippen molar-refractivity contribution < 1.29 is 9.90 Å². The maximum atomic E-state index is 11.1. The number of nitrogens with one attached hydrogen (secondary N) is 1. The summed E-state index contributed by atoms with van der Waals surface area (Å²) in [6.07, 6.45) is -0.107. The van der Waals surface area contributed by atoms with E-state index in [-0.39, 0.29) is 0 Å². The van der Waals surface area contributed by atoms with E-state index in [4.69, 9.17) is 5.11 Å². The van der Waals surface area contributed by atoms with Crippen LogP contribution in [0.2, 0.25) is 0 Å². The molecule has 0 fully saturated rings. The van der Waals surface area contributed by atoms with Crippen LogP contribution in [0.3, 0.4) is 0 Å². The van der Waals surface area contributed by atoms with Gasteiger partial charge in [-0.05, 0) is 41.8 Å². The summed E-state index contributed by atoms with van der Waals surface area (Å²) in [5.41, 5.74) is 4.27. The third-order valence-corrected chi connectivity index (χ3v) is 4.99. The molecule has 0 radical (unpaired) electrons. The Morgan fingerprint density at radius 3 is 2.91 bits per heavy atom. The summed E-state index contributed by atoms with van der Waals surface area (Å²) in [6.45, 7) is 1.01. The van der Waals surface area contributed by atoms with E-state index >= 15 is 0 Å². The van der Waals surface area contributed by atoms with Crippen molar-refractivity contribution in [3.8, 4) is 0 Å². The minimum Gasteiger partial charge on any atom is -0.465 e. The van der Waals surface area contributed by atoms with Crippen molar-refractivity contribution in [3.05, 3.63) is 53.6 Å². The van der Waals surface area contributed by atoms with Crippen molar-refractivity contribution in [1.29, 1.82) is 0 Å². The molecule has 0 aliphatic carbocycles. The van der Waals surface area contributed by atoms with Gasteiger partial charge in [-0.2, -0.15) is 0 Å². The number of carbonyl (C=O) groups is 1. The highest BCUT2D eigenvalue weighted by Crippen LogP contribution is 2.29. The standard InChI is InChI=1S/C17H15N3O2S/c21-17(22)20-8-7-11-9-13(6-5-12(11)10-20)18-16-19-14-3-1-2-4-15(14)23-16/h1-6,9H,7-8,10H2,(H,18,19)(H,21,22). The molecule has 2 N–H and O–H groups in total. The molecule has 0 spiro atoms. The molecule has 116 valence electrons. The maximum Gasteiger partial charge on any atom is 0.407 e. The SMILES string of the molecule is O=C(O)N1CCc2cc(Nc3nc4ccccc4s3)ccc2C1. The van der Waals surface area contributed by atoms with Crippen molar-refractivity contribution in [2.45, 2.75) is 13.0 Å². The highest BCUT2D eigenvalue weighted by atomic mass is 32.1. The lowest BCUT2D eigenvalue weighted by molar-refractivity contribution is 0.140. The van der Waals surface area contributed by atoms with Gasteiger partial charge in [0.2, 0.25) is 0 Å². The number of hydrogen-bond acceptors (Lipinski definition) is 4. The quantitative estimate of drug-likeness (QED) is 0.745. The van der Waals surface area contributed by atoms with E-state index in [1.807, 2.05) is 30.3 Å². The molecule has 0 bridgehead atoms. The average molecular weight is 325 g/mol. The molecular formula is C17H15N3O2S. The molecule has 1 aromatic heterocycles. The second-order valence-corrected chi connectivity index (χ2v) is 6.58. The van der Waals surface area contributed by atoms with Gasteiger partial charge in [0, 0.05) is 18.8 Å². The molecule has 3 aromatic rings. The van der Waals surface area contributed by atoms with Gasteiger partial charge in [0.1, 0.15) is 0 Å². The Balaban J connectivity index is 1.57. The van der Waals surface area contributed by atoms with Gasteiger partial charge in [-0.1, -0.05) is 29.5 Å². The smallest absolute Gasteiger partial charge is 0.407 e. The third-order valence-electron chi connectivity index (χ3n) is 4.03. The van der Waals surface area contributed by atoms with Crippen LogP contribution in [0.25, 0.3) is 10.2 Å². The van der Waals surface area contributed by atoms with Crippen molar-refractivity contribution >= 4 is 38.5 Å². The largest absolute Gasteiger partial charge is 0.465 e. The summed E-state index contributed by atoms with van der Waals surface area (Å²) in [5.74, 6) is 0. The lowest BCUT2D eigenvalue weighted by Crippen LogP contribution is -2.34. The molecule has 0 saturated heterocycles. The van der Waals surface area contributed by atoms with Gasteiger partial charge in [-0.15, -0.1) is 0 Å². The number of aromatic nitrogens is 1. The zero-order chi connectivity index (χ0) is 15.8. The first-order valence-electron chi connectivity index (χ1n) is 7.41. The Morgan fingerprint density at radius 2 is 2.09 bits per heavy atom. The lowest BCUT2D eigenvalue weighted by Gasteiger charge is -2.26. The molecule has 2 aromatic carbocycles. The molecular weight excluding hydrogens is 310 g/mol. The first kappa shape index (κ1) is 14.0. The maximum absolute atomic E-state index is 11.1. The number of carboxylic acid groups (broad SMARTS) is 1. The van der Waals surface area contributed by atoms with Gasteiger partial charge >= 0.3 is 6.09 Å². The Bertz CT molecular complexity index is 857. The van der Waals surface area contributed by atoms with Crippen LogP contribution in [0.4, 0.5) is 15.6 Å². The molecule has 0 atom stereocenters. The highest BCUT2D eigenvalue weighted by Gasteiger charge is 2.20. The predicted molar refractivity (Wildman–Crippen MR) is 91.5 cm³/mol. The number of nitrogens with zero attached hydrogens (tertiary/aromatic N) is 2. The van der Waals surface area contributed by atoms with E-state index in [1.54, 1.807) is 11.3 Å². The minimum atomic E-state index is -0.854. The number of thiazole rings is 1. The van der Waals surface area contributed by atoms with Crippen LogP contribution in [0, 0.1) is 0 Å². The summed E-state index contributed by atoms with van der Waals surface area (Å²) in [7, 11) is 0. The van der Waals surface area contributed by atoms with Gasteiger partial charge in [0.05, 0.1) is 10.2 Å². The van der Waals surface area contributed by atoms with E-state index in [1.165, 1.54) is 10.5 Å². The minimum absolute atomic E-state index is 0.464. The fraction of sp³-hybridized carbons (Fsp3) is 0.176. The van der Waals surface area contributed by atoms with Crippen LogP contribution in [0.15, 0.2) is 42.5 Å². The van der Waals surface area contributed by atoms with Crippen molar-refractivity contribution in [3.63, 3.8) is 0 Å². The summed E-state index contributed by atoms with van der Waals surface area (Å²) in [6, 6.07) is 14.1. The van der Waals surface area contributed by atoms with Crippen LogP contribution in [0.1, 0.15) is 11.1 Å². The summed E-state index contributed by atoms with van der Waals surface area (Å²) >= 11 is 1.63. The number of anilines is 2. The van der Waals surface area contributed by atoms with Crippen molar-refractivity contribution in [1.82, 2.24) is 9.88 Å². The first-order valence-corrected chi connectivity index (χ1v) is 8.23. The van der Waals surface area contributed by atoms with Gasteiger partial charge < -0.3 is 15.3 Å². The average Bonchev–Trinajstić information content (AvgIpc) is 2.96. The molecule has 1 amide bonds. The number of para-hydroxylation sites is 1. The lowest BCUT2D eigenvalue weighted by atomic mass is 9.99. The van der Waals surface area contributed by atoms with Crippen LogP contribution >= 0.6 is 11.3 Å². The van der Waals surface area contributed by atoms with Gasteiger partial charge in [-0.25, -0.2) is 9.78 Å². The van der Waals surface area contributed by atoms with E-state index in [0.717, 1.165) is 33.0 Å². The topological polar surface area (TPSA) is 65.5 Å². The second kappa shape index (κ2) is 5.55. The number of rotatable bonds is 2. The molecule has 4 rings (SSSR count). The fourth-order valence-corrected chi connectivity index (χ4v) is 3.73. The Kier molecular flexibility index (Phi) is 3.38. The Hall–Kier alpha value is -2.60. The third kappa shape index (κ3) is 2.73. The van der Waals surface area contributed by atoms with E-state index < -0.39 is 6.09 Å². The number of hydrogen-bond donors (Lipinski definition) is 2. The zero-order valence-electron chi connectivity index (χ0n) is 12.3. The Labute approximate surface area is 137 Å². The molecule has 0 unspecified atom stereocenters. The monoisotopic (exact) mass is 325 g/mol. The molecule has 1 aliphatic rings. The van der Waals surface area contributed by atoms with E-state index in [0.29, 0.717) is 13.1 Å². The van der Waals surface area contributed by atoms with Crippen molar-refractivity contribution in [2.24, 2.45) is 0 Å². The summed E-state index contributed by atoms with van der Waals surface area (Å²) in [5, 5.41) is 13.3. The molecule has 2 heterocycles. The highest BCUT2D eigenvalue weighted by molar-refractivity contribution is 7.22. The van der Waals surface area contributed by atoms with Gasteiger partial charge in [0.15, 0.2) is 5.13 Å². The Morgan fingerprint density at radius 1 is 1.22 bits per heavy atom. The summed E-state index contributed by atoms with van der Waals surface area (Å²) < 4.78 is 1.16. The molecule has 23 heavy (non-hydrogen) atoms. The predicted octanol–water partition coefficient (Wildman–Crippen LogP) is 4.08. The molecule has 1 aliphatic heterocycles. The zero-order valence-corrected chi connectivity index (χ0v) is 13.1. The van der Waals surface area contributed by atoms with Crippen molar-refractivity contribution in [2.75, 3.05) is 11.9 Å². The van der Waals surface area contributed by atoms with E-state index in [2.05, 4.69) is 22.4 Å². The number of benzene rings is 2. The van der Waals surface area contributed by atoms with Crippen LogP contribution < -0.4 is 5.32 Å². The van der Waals surface area contributed by atoms with E-state index in [9.17, 15) is 4.79 Å². The van der Waals surface area contributed by atoms with Crippen LogP contribution in [-0.2, 0) is 13.0 Å². The number of fused-ring (bicyclic) bond motifs is 2. The van der Waals surface area contributed by atoms with Crippen LogP contribution in [-0.4, -0.2) is 27.6 Å². The van der Waals surface area contributed by atoms with Gasteiger partial charge in [0.25, 0.3) is 0 Å². The molecule has 6 heteroatoms. The molecule has 0 saturated carbocycles. The molecule has 5 nitrogen and oxygen atoms in total. The van der Waals surface area contributed by atoms with Gasteiger partial charge in [-0.3, -0.25) is 0 Å². The normalized spacial score (nSPS) is 13.8.